The van der Waals surface area contributed by atoms with E-state index in [1.54, 1.807) is 24.8 Å². The van der Waals surface area contributed by atoms with Gasteiger partial charge in [-0.05, 0) is 31.0 Å². The summed E-state index contributed by atoms with van der Waals surface area (Å²) in [4.78, 5) is 27.1. The highest BCUT2D eigenvalue weighted by Crippen LogP contribution is 2.15. The molecule has 0 aliphatic rings. The van der Waals surface area contributed by atoms with Crippen LogP contribution in [0.3, 0.4) is 0 Å². The lowest BCUT2D eigenvalue weighted by Crippen LogP contribution is -2.39. The molecule has 3 rings (SSSR count). The van der Waals surface area contributed by atoms with E-state index in [1.807, 2.05) is 60.7 Å². The molecule has 0 N–H and O–H groups in total. The van der Waals surface area contributed by atoms with Crippen molar-refractivity contribution in [2.24, 2.45) is 0 Å². The minimum Gasteiger partial charge on any atom is -0.469 e. The second kappa shape index (κ2) is 9.04. The molecule has 28 heavy (non-hydrogen) atoms. The Morgan fingerprint density at radius 1 is 0.929 bits per heavy atom. The first-order chi connectivity index (χ1) is 13.5. The fourth-order valence-corrected chi connectivity index (χ4v) is 2.95. The van der Waals surface area contributed by atoms with Crippen LogP contribution >= 0.6 is 0 Å². The van der Waals surface area contributed by atoms with Gasteiger partial charge in [-0.15, -0.1) is 0 Å². The number of carbonyl (C=O) groups excluding carboxylic acids is 2. The number of rotatable bonds is 7. The molecule has 144 valence electrons. The topological polar surface area (TPSA) is 59.8 Å². The Bertz CT molecular complexity index is 877. The minimum absolute atomic E-state index is 0.248. The highest BCUT2D eigenvalue weighted by molar-refractivity contribution is 5.92. The molecular formula is C23H23NO4. The van der Waals surface area contributed by atoms with Crippen LogP contribution in [0.4, 0.5) is 0 Å². The first-order valence-corrected chi connectivity index (χ1v) is 9.16. The van der Waals surface area contributed by atoms with Crippen LogP contribution in [0.25, 0.3) is 0 Å². The second-order valence-electron chi connectivity index (χ2n) is 6.60. The molecule has 0 aliphatic carbocycles. The highest BCUT2D eigenvalue weighted by atomic mass is 16.5. The Balaban J connectivity index is 1.74. The average molecular weight is 377 g/mol. The molecule has 0 saturated carbocycles. The summed E-state index contributed by atoms with van der Waals surface area (Å²) in [5.74, 6) is -0.344. The van der Waals surface area contributed by atoms with Gasteiger partial charge in [0, 0.05) is 13.1 Å². The molecule has 1 unspecified atom stereocenters. The molecular weight excluding hydrogens is 354 g/mol. The Kier molecular flexibility index (Phi) is 6.27. The summed E-state index contributed by atoms with van der Waals surface area (Å²) in [6.07, 6.45) is 0.518. The molecule has 0 saturated heterocycles. The molecule has 1 aromatic heterocycles. The molecule has 1 heterocycles. The first-order valence-electron chi connectivity index (χ1n) is 9.16. The van der Waals surface area contributed by atoms with Gasteiger partial charge in [0.15, 0.2) is 6.10 Å². The summed E-state index contributed by atoms with van der Waals surface area (Å²) in [7, 11) is 0. The molecule has 5 heteroatoms. The summed E-state index contributed by atoms with van der Waals surface area (Å²) in [6, 6.07) is 21.0. The van der Waals surface area contributed by atoms with E-state index in [2.05, 4.69) is 0 Å². The third-order valence-electron chi connectivity index (χ3n) is 4.45. The lowest BCUT2D eigenvalue weighted by atomic mass is 10.1. The zero-order valence-corrected chi connectivity index (χ0v) is 16.0. The van der Waals surface area contributed by atoms with Crippen molar-refractivity contribution in [3.63, 3.8) is 0 Å². The van der Waals surface area contributed by atoms with E-state index in [4.69, 9.17) is 9.15 Å². The second-order valence-corrected chi connectivity index (χ2v) is 6.60. The van der Waals surface area contributed by atoms with E-state index < -0.39 is 12.1 Å². The number of esters is 1. The maximum atomic E-state index is 13.1. The van der Waals surface area contributed by atoms with Crippen molar-refractivity contribution in [3.8, 4) is 0 Å². The largest absolute Gasteiger partial charge is 0.469 e. The summed E-state index contributed by atoms with van der Waals surface area (Å²) in [5.41, 5.74) is 2.35. The first kappa shape index (κ1) is 19.4. The lowest BCUT2D eigenvalue weighted by Gasteiger charge is -2.26. The monoisotopic (exact) mass is 377 g/mol. The molecule has 0 spiro atoms. The maximum Gasteiger partial charge on any atom is 0.342 e. The van der Waals surface area contributed by atoms with Gasteiger partial charge in [0.1, 0.15) is 11.3 Å². The van der Waals surface area contributed by atoms with Crippen LogP contribution in [0, 0.1) is 6.92 Å². The van der Waals surface area contributed by atoms with E-state index in [0.717, 1.165) is 11.1 Å². The number of carbonyl (C=O) groups is 2. The predicted octanol–water partition coefficient (Wildman–Crippen LogP) is 4.36. The smallest absolute Gasteiger partial charge is 0.342 e. The molecule has 0 radical (unpaired) electrons. The van der Waals surface area contributed by atoms with E-state index in [1.165, 1.54) is 6.26 Å². The molecule has 1 amide bonds. The van der Waals surface area contributed by atoms with Crippen molar-refractivity contribution in [2.75, 3.05) is 0 Å². The molecule has 5 nitrogen and oxygen atoms in total. The van der Waals surface area contributed by atoms with Crippen molar-refractivity contribution in [1.82, 2.24) is 4.90 Å². The minimum atomic E-state index is -0.908. The lowest BCUT2D eigenvalue weighted by molar-refractivity contribution is -0.141. The Morgan fingerprint density at radius 2 is 1.46 bits per heavy atom. The summed E-state index contributed by atoms with van der Waals surface area (Å²) < 4.78 is 10.5. The molecule has 3 aromatic rings. The zero-order valence-electron chi connectivity index (χ0n) is 16.0. The third-order valence-corrected chi connectivity index (χ3v) is 4.45. The van der Waals surface area contributed by atoms with Crippen LogP contribution in [0.2, 0.25) is 0 Å². The van der Waals surface area contributed by atoms with Gasteiger partial charge in [-0.3, -0.25) is 4.79 Å². The van der Waals surface area contributed by atoms with Gasteiger partial charge < -0.3 is 14.1 Å². The number of amides is 1. The zero-order chi connectivity index (χ0) is 19.9. The van der Waals surface area contributed by atoms with Gasteiger partial charge >= 0.3 is 5.97 Å². The fraction of sp³-hybridized carbons (Fsp3) is 0.217. The van der Waals surface area contributed by atoms with Gasteiger partial charge in [-0.25, -0.2) is 4.79 Å². The highest BCUT2D eigenvalue weighted by Gasteiger charge is 2.26. The van der Waals surface area contributed by atoms with Gasteiger partial charge in [-0.1, -0.05) is 60.7 Å². The average Bonchev–Trinajstić information content (AvgIpc) is 3.14. The molecule has 2 aromatic carbocycles. The van der Waals surface area contributed by atoms with Gasteiger partial charge in [0.2, 0.25) is 0 Å². The summed E-state index contributed by atoms with van der Waals surface area (Å²) in [6.45, 7) is 4.14. The van der Waals surface area contributed by atoms with Crippen LogP contribution in [0.5, 0.6) is 0 Å². The van der Waals surface area contributed by atoms with Crippen molar-refractivity contribution in [1.29, 1.82) is 0 Å². The number of aryl methyl sites for hydroxylation is 1. The molecule has 0 aliphatic heterocycles. The number of benzene rings is 2. The number of ether oxygens (including phenoxy) is 1. The molecule has 0 bridgehead atoms. The van der Waals surface area contributed by atoms with Crippen LogP contribution in [-0.2, 0) is 22.6 Å². The van der Waals surface area contributed by atoms with E-state index >= 15 is 0 Å². The molecule has 0 fully saturated rings. The van der Waals surface area contributed by atoms with Crippen molar-refractivity contribution < 1.29 is 18.7 Å². The van der Waals surface area contributed by atoms with Crippen LogP contribution in [0.1, 0.15) is 34.2 Å². The Morgan fingerprint density at radius 3 is 1.93 bits per heavy atom. The van der Waals surface area contributed by atoms with Crippen molar-refractivity contribution in [3.05, 3.63) is 95.4 Å². The molecule has 1 atom stereocenters. The summed E-state index contributed by atoms with van der Waals surface area (Å²) in [5, 5.41) is 0. The van der Waals surface area contributed by atoms with Crippen LogP contribution < -0.4 is 0 Å². The SMILES string of the molecule is Cc1occc1C(=O)OC(C)C(=O)N(Cc1ccccc1)Cc1ccccc1. The van der Waals surface area contributed by atoms with Crippen LogP contribution in [-0.4, -0.2) is 22.9 Å². The number of nitrogens with zero attached hydrogens (tertiary/aromatic N) is 1. The van der Waals surface area contributed by atoms with E-state index in [-0.39, 0.29) is 5.91 Å². The normalized spacial score (nSPS) is 11.6. The number of hydrogen-bond donors (Lipinski definition) is 0. The van der Waals surface area contributed by atoms with Gasteiger partial charge in [-0.2, -0.15) is 0 Å². The predicted molar refractivity (Wildman–Crippen MR) is 105 cm³/mol. The van der Waals surface area contributed by atoms with E-state index in [9.17, 15) is 9.59 Å². The van der Waals surface area contributed by atoms with Crippen molar-refractivity contribution >= 4 is 11.9 Å². The number of furan rings is 1. The Labute approximate surface area is 164 Å². The Hall–Kier alpha value is -3.34. The quantitative estimate of drug-likeness (QED) is 0.574. The summed E-state index contributed by atoms with van der Waals surface area (Å²) >= 11 is 0. The van der Waals surface area contributed by atoms with Gasteiger partial charge in [0.05, 0.1) is 6.26 Å². The van der Waals surface area contributed by atoms with Crippen LogP contribution in [0.15, 0.2) is 77.4 Å². The van der Waals surface area contributed by atoms with Gasteiger partial charge in [0.25, 0.3) is 5.91 Å². The van der Waals surface area contributed by atoms with E-state index in [0.29, 0.717) is 24.4 Å². The van der Waals surface area contributed by atoms with Crippen molar-refractivity contribution in [2.45, 2.75) is 33.0 Å². The maximum absolute atomic E-state index is 13.1. The number of hydrogen-bond acceptors (Lipinski definition) is 4. The third kappa shape index (κ3) is 4.88. The fourth-order valence-electron chi connectivity index (χ4n) is 2.95. The standard InChI is InChI=1S/C23H23NO4/c1-17-21(13-14-27-17)23(26)28-18(2)22(25)24(15-19-9-5-3-6-10-19)16-20-11-7-4-8-12-20/h3-14,18H,15-16H2,1-2H3.